The molecule has 168 valence electrons. The van der Waals surface area contributed by atoms with E-state index >= 15 is 0 Å². The van der Waals surface area contributed by atoms with Gasteiger partial charge in [0.1, 0.15) is 5.75 Å². The molecule has 7 nitrogen and oxygen atoms in total. The van der Waals surface area contributed by atoms with Crippen molar-refractivity contribution in [2.75, 3.05) is 11.9 Å². The maximum absolute atomic E-state index is 12.8. The first-order chi connectivity index (χ1) is 14.8. The highest BCUT2D eigenvalue weighted by Crippen LogP contribution is 2.30. The number of ether oxygens (including phenoxy) is 2. The smallest absolute Gasteiger partial charge is 0.316 e. The summed E-state index contributed by atoms with van der Waals surface area (Å²) in [7, 11) is 0. The van der Waals surface area contributed by atoms with Crippen LogP contribution < -0.4 is 10.1 Å². The number of anilines is 1. The van der Waals surface area contributed by atoms with Gasteiger partial charge in [-0.2, -0.15) is 4.98 Å². The van der Waals surface area contributed by atoms with Crippen molar-refractivity contribution >= 4 is 39.5 Å². The van der Waals surface area contributed by atoms with Crippen LogP contribution >= 0.6 is 11.3 Å². The van der Waals surface area contributed by atoms with Crippen LogP contribution in [0.3, 0.4) is 0 Å². The molecule has 3 rings (SSSR count). The van der Waals surface area contributed by atoms with Crippen molar-refractivity contribution in [2.45, 2.75) is 63.3 Å². The fraction of sp³-hybridized carbons (Fsp3) is 0.500. The summed E-state index contributed by atoms with van der Waals surface area (Å²) in [6, 6.07) is 6.60. The number of para-hydroxylation sites is 1. The average molecular weight is 465 g/mol. The van der Waals surface area contributed by atoms with Gasteiger partial charge in [-0.15, -0.1) is 0 Å². The monoisotopic (exact) mass is 464 g/mol. The lowest BCUT2D eigenvalue weighted by Gasteiger charge is -2.23. The second-order valence-corrected chi connectivity index (χ2v) is 10.5. The van der Waals surface area contributed by atoms with E-state index < -0.39 is 22.5 Å². The van der Waals surface area contributed by atoms with Gasteiger partial charge in [0, 0.05) is 17.6 Å². The molecule has 9 heteroatoms. The van der Waals surface area contributed by atoms with Crippen LogP contribution in [0.4, 0.5) is 5.13 Å². The average Bonchev–Trinajstić information content (AvgIpc) is 3.22. The van der Waals surface area contributed by atoms with Crippen molar-refractivity contribution in [3.8, 4) is 5.75 Å². The third kappa shape index (κ3) is 6.06. The van der Waals surface area contributed by atoms with Crippen molar-refractivity contribution in [3.05, 3.63) is 35.2 Å². The van der Waals surface area contributed by atoms with E-state index in [4.69, 9.17) is 9.47 Å². The maximum atomic E-state index is 12.8. The Morgan fingerprint density at radius 2 is 2.13 bits per heavy atom. The van der Waals surface area contributed by atoms with E-state index in [1.165, 1.54) is 11.3 Å². The van der Waals surface area contributed by atoms with Crippen molar-refractivity contribution < 1.29 is 23.6 Å². The number of esters is 1. The van der Waals surface area contributed by atoms with E-state index in [2.05, 4.69) is 10.3 Å². The number of hydrogen-bond acceptors (Lipinski definition) is 7. The molecule has 2 unspecified atom stereocenters. The molecule has 0 aliphatic carbocycles. The van der Waals surface area contributed by atoms with E-state index in [0.717, 1.165) is 25.7 Å². The minimum atomic E-state index is -1.38. The molecule has 1 N–H and O–H groups in total. The van der Waals surface area contributed by atoms with Crippen molar-refractivity contribution in [1.29, 1.82) is 0 Å². The minimum Gasteiger partial charge on any atom is -0.608 e. The Morgan fingerprint density at radius 3 is 2.84 bits per heavy atom. The molecular weight excluding hydrogens is 436 g/mol. The van der Waals surface area contributed by atoms with Gasteiger partial charge >= 0.3 is 5.97 Å². The molecule has 0 saturated carbocycles. The maximum Gasteiger partial charge on any atom is 0.316 e. The summed E-state index contributed by atoms with van der Waals surface area (Å²) in [5.74, 6) is -0.628. The molecule has 1 aromatic heterocycles. The zero-order valence-corrected chi connectivity index (χ0v) is 19.6. The number of nitrogens with zero attached hydrogens (tertiary/aromatic N) is 1. The number of benzene rings is 1. The highest BCUT2D eigenvalue weighted by atomic mass is 32.2. The summed E-state index contributed by atoms with van der Waals surface area (Å²) in [6.45, 7) is 6.27. The number of hydrogen-bond donors (Lipinski definition) is 1. The van der Waals surface area contributed by atoms with Gasteiger partial charge in [0.2, 0.25) is 5.44 Å². The fourth-order valence-electron chi connectivity index (χ4n) is 3.30. The predicted molar refractivity (Wildman–Crippen MR) is 121 cm³/mol. The molecule has 1 aromatic carbocycles. The molecule has 2 atom stereocenters. The Kier molecular flexibility index (Phi) is 8.10. The molecule has 0 radical (unpaired) electrons. The van der Waals surface area contributed by atoms with E-state index in [-0.39, 0.29) is 22.7 Å². The van der Waals surface area contributed by atoms with E-state index in [1.54, 1.807) is 29.6 Å². The molecule has 0 spiro atoms. The quantitative estimate of drug-likeness (QED) is 0.343. The Hall–Kier alpha value is -1.94. The van der Waals surface area contributed by atoms with Crippen LogP contribution in [-0.2, 0) is 20.7 Å². The number of carbonyl (C=O) groups excluding carboxylic acids is 2. The van der Waals surface area contributed by atoms with Crippen LogP contribution in [0.15, 0.2) is 34.7 Å². The SMILES string of the molecule is CCCC(C)(C)C(=O)Oc1ccccc1C(=O)Nc1nc([S+]([O-])C2CCCCO2)cs1. The number of rotatable bonds is 8. The lowest BCUT2D eigenvalue weighted by Crippen LogP contribution is -2.29. The van der Waals surface area contributed by atoms with Crippen LogP contribution in [-0.4, -0.2) is 33.5 Å². The van der Waals surface area contributed by atoms with Gasteiger partial charge in [-0.1, -0.05) is 36.8 Å². The van der Waals surface area contributed by atoms with Crippen LogP contribution in [0, 0.1) is 5.41 Å². The van der Waals surface area contributed by atoms with Gasteiger partial charge in [0.25, 0.3) is 10.9 Å². The highest BCUT2D eigenvalue weighted by molar-refractivity contribution is 7.91. The van der Waals surface area contributed by atoms with E-state index in [1.807, 2.05) is 20.8 Å². The van der Waals surface area contributed by atoms with Gasteiger partial charge in [-0.25, -0.2) is 0 Å². The Balaban J connectivity index is 1.69. The Morgan fingerprint density at radius 1 is 1.35 bits per heavy atom. The first-order valence-corrected chi connectivity index (χ1v) is 12.5. The molecule has 1 amide bonds. The lowest BCUT2D eigenvalue weighted by atomic mass is 9.88. The molecule has 1 aliphatic heterocycles. The summed E-state index contributed by atoms with van der Waals surface area (Å²) in [4.78, 5) is 29.7. The van der Waals surface area contributed by atoms with Gasteiger partial charge in [-0.05, 0) is 45.2 Å². The van der Waals surface area contributed by atoms with Gasteiger partial charge in [0.05, 0.1) is 23.0 Å². The first-order valence-electron chi connectivity index (χ1n) is 10.4. The Bertz CT molecular complexity index is 909. The van der Waals surface area contributed by atoms with Crippen LogP contribution in [0.2, 0.25) is 0 Å². The number of amides is 1. The molecule has 2 aromatic rings. The van der Waals surface area contributed by atoms with Gasteiger partial charge in [-0.3, -0.25) is 14.9 Å². The van der Waals surface area contributed by atoms with Crippen molar-refractivity contribution in [3.63, 3.8) is 0 Å². The third-order valence-corrected chi connectivity index (χ3v) is 7.43. The summed E-state index contributed by atoms with van der Waals surface area (Å²) in [5, 5.41) is 5.11. The van der Waals surface area contributed by atoms with Gasteiger partial charge < -0.3 is 14.0 Å². The van der Waals surface area contributed by atoms with E-state index in [9.17, 15) is 14.1 Å². The molecular formula is C22H28N2O5S2. The molecule has 1 fully saturated rings. The van der Waals surface area contributed by atoms with Crippen LogP contribution in [0.5, 0.6) is 5.75 Å². The fourth-order valence-corrected chi connectivity index (χ4v) is 5.50. The molecule has 1 saturated heterocycles. The first kappa shape index (κ1) is 23.7. The topological polar surface area (TPSA) is 101 Å². The second-order valence-electron chi connectivity index (χ2n) is 8.06. The minimum absolute atomic E-state index is 0.199. The normalized spacial score (nSPS) is 17.7. The zero-order valence-electron chi connectivity index (χ0n) is 18.0. The predicted octanol–water partition coefficient (Wildman–Crippen LogP) is 4.76. The third-order valence-electron chi connectivity index (χ3n) is 5.05. The lowest BCUT2D eigenvalue weighted by molar-refractivity contribution is -0.144. The number of carbonyl (C=O) groups is 2. The van der Waals surface area contributed by atoms with Gasteiger partial charge in [0.15, 0.2) is 5.13 Å². The van der Waals surface area contributed by atoms with Crippen molar-refractivity contribution in [1.82, 2.24) is 4.98 Å². The number of aromatic nitrogens is 1. The standard InChI is InChI=1S/C22H28N2O5S2/c1-4-12-22(2,3)20(26)29-16-10-6-5-9-15(16)19(25)24-21-23-17(14-30-21)31(27)18-11-7-8-13-28-18/h5-6,9-10,14,18H,4,7-8,11-13H2,1-3H3,(H,23,24,25). The molecule has 1 aliphatic rings. The largest absolute Gasteiger partial charge is 0.608 e. The van der Waals surface area contributed by atoms with Crippen LogP contribution in [0.1, 0.15) is 63.2 Å². The second kappa shape index (κ2) is 10.6. The summed E-state index contributed by atoms with van der Waals surface area (Å²) >= 11 is -0.180. The van der Waals surface area contributed by atoms with Crippen molar-refractivity contribution in [2.24, 2.45) is 5.41 Å². The Labute approximate surface area is 189 Å². The molecule has 2 heterocycles. The summed E-state index contributed by atoms with van der Waals surface area (Å²) < 4.78 is 23.8. The molecule has 0 bridgehead atoms. The van der Waals surface area contributed by atoms with Crippen LogP contribution in [0.25, 0.3) is 0 Å². The highest BCUT2D eigenvalue weighted by Gasteiger charge is 2.31. The van der Waals surface area contributed by atoms with E-state index in [0.29, 0.717) is 23.2 Å². The summed E-state index contributed by atoms with van der Waals surface area (Å²) in [6.07, 6.45) is 4.23. The number of nitrogens with one attached hydrogen (secondary N) is 1. The number of thiazole rings is 1. The molecule has 31 heavy (non-hydrogen) atoms. The zero-order chi connectivity index (χ0) is 22.4. The summed E-state index contributed by atoms with van der Waals surface area (Å²) in [5.41, 5.74) is -0.768.